The first kappa shape index (κ1) is 18.9. The maximum atomic E-state index is 12.8. The fourth-order valence-corrected chi connectivity index (χ4v) is 4.64. The zero-order valence-corrected chi connectivity index (χ0v) is 15.5. The molecule has 0 radical (unpaired) electrons. The zero-order valence-electron chi connectivity index (χ0n) is 13.9. The van der Waals surface area contributed by atoms with Gasteiger partial charge in [-0.3, -0.25) is 4.79 Å². The molecule has 3 N–H and O–H groups in total. The molecule has 2 aromatic rings. The number of aromatic nitrogens is 2. The van der Waals surface area contributed by atoms with Crippen molar-refractivity contribution in [1.82, 2.24) is 24.5 Å². The Morgan fingerprint density at radius 3 is 2.31 bits per heavy atom. The van der Waals surface area contributed by atoms with Gasteiger partial charge in [-0.25, -0.2) is 13.2 Å². The number of nitrogens with one attached hydrogen (secondary N) is 3. The van der Waals surface area contributed by atoms with Crippen molar-refractivity contribution in [2.75, 3.05) is 39.3 Å². The number of hydrogen-bond donors (Lipinski definition) is 3. The van der Waals surface area contributed by atoms with Crippen LogP contribution in [0.5, 0.6) is 0 Å². The first-order chi connectivity index (χ1) is 11.9. The van der Waals surface area contributed by atoms with Gasteiger partial charge >= 0.3 is 5.69 Å². The van der Waals surface area contributed by atoms with E-state index in [-0.39, 0.29) is 47.9 Å². The van der Waals surface area contributed by atoms with Crippen molar-refractivity contribution in [3.05, 3.63) is 28.7 Å². The van der Waals surface area contributed by atoms with Crippen LogP contribution in [0.1, 0.15) is 0 Å². The third kappa shape index (κ3) is 3.25. The van der Waals surface area contributed by atoms with Crippen molar-refractivity contribution in [2.45, 2.75) is 4.90 Å². The average Bonchev–Trinajstić information content (AvgIpc) is 2.92. The number of carbonyl (C=O) groups excluding carboxylic acids is 1. The fourth-order valence-electron chi connectivity index (χ4n) is 3.19. The third-order valence-electron chi connectivity index (χ3n) is 4.81. The van der Waals surface area contributed by atoms with Gasteiger partial charge in [0.1, 0.15) is 0 Å². The number of H-pyrrole nitrogens is 2. The number of halogens is 1. The number of carbonyl (C=O) groups is 1. The van der Waals surface area contributed by atoms with Crippen molar-refractivity contribution >= 4 is 39.4 Å². The molecule has 4 rings (SSSR count). The summed E-state index contributed by atoms with van der Waals surface area (Å²) >= 11 is 0. The van der Waals surface area contributed by atoms with Gasteiger partial charge in [-0.2, -0.15) is 4.31 Å². The molecule has 2 aliphatic rings. The Labute approximate surface area is 156 Å². The first-order valence-electron chi connectivity index (χ1n) is 8.17. The Hall–Kier alpha value is -1.88. The SMILES string of the molecule is Cl.O=C(C1CNC1)N1CCN(S(=O)(=O)c2ccc3[nH]c(=O)[nH]c3c2)CC1. The van der Waals surface area contributed by atoms with Crippen LogP contribution in [0.25, 0.3) is 11.0 Å². The Balaban J connectivity index is 0.00000196. The number of benzene rings is 1. The second kappa shape index (κ2) is 7.03. The van der Waals surface area contributed by atoms with E-state index in [1.54, 1.807) is 11.0 Å². The van der Waals surface area contributed by atoms with Gasteiger partial charge in [0.15, 0.2) is 0 Å². The molecule has 2 aliphatic heterocycles. The summed E-state index contributed by atoms with van der Waals surface area (Å²) in [6.45, 7) is 2.75. The Bertz CT molecular complexity index is 973. The molecule has 2 saturated heterocycles. The van der Waals surface area contributed by atoms with E-state index >= 15 is 0 Å². The number of hydrogen-bond acceptors (Lipinski definition) is 5. The lowest BCUT2D eigenvalue weighted by Crippen LogP contribution is -2.57. The number of rotatable bonds is 3. The van der Waals surface area contributed by atoms with Crippen LogP contribution in [-0.2, 0) is 14.8 Å². The van der Waals surface area contributed by atoms with Gasteiger partial charge in [0, 0.05) is 39.3 Å². The standard InChI is InChI=1S/C15H19N5O4S.ClH/c21-14(10-8-16-9-10)19-3-5-20(6-4-19)25(23,24)11-1-2-12-13(7-11)18-15(22)17-12;/h1-2,7,10,16H,3-6,8-9H2,(H2,17,18,22);1H. The summed E-state index contributed by atoms with van der Waals surface area (Å²) in [7, 11) is -3.66. The summed E-state index contributed by atoms with van der Waals surface area (Å²) in [4.78, 5) is 30.6. The summed E-state index contributed by atoms with van der Waals surface area (Å²) in [5.74, 6) is 0.123. The quantitative estimate of drug-likeness (QED) is 0.630. The smallest absolute Gasteiger partial charge is 0.323 e. The molecule has 0 atom stereocenters. The van der Waals surface area contributed by atoms with Crippen LogP contribution in [-0.4, -0.2) is 72.8 Å². The lowest BCUT2D eigenvalue weighted by atomic mass is 10.0. The second-order valence-corrected chi connectivity index (χ2v) is 8.31. The lowest BCUT2D eigenvalue weighted by Gasteiger charge is -2.37. The molecule has 0 bridgehead atoms. The number of fused-ring (bicyclic) bond motifs is 1. The largest absolute Gasteiger partial charge is 0.340 e. The van der Waals surface area contributed by atoms with Crippen molar-refractivity contribution in [3.63, 3.8) is 0 Å². The van der Waals surface area contributed by atoms with Gasteiger partial charge in [-0.05, 0) is 18.2 Å². The molecule has 1 amide bonds. The maximum absolute atomic E-state index is 12.8. The molecule has 1 aromatic heterocycles. The summed E-state index contributed by atoms with van der Waals surface area (Å²) < 4.78 is 27.0. The van der Waals surface area contributed by atoms with Crippen molar-refractivity contribution in [3.8, 4) is 0 Å². The van der Waals surface area contributed by atoms with E-state index in [0.717, 1.165) is 0 Å². The van der Waals surface area contributed by atoms with Gasteiger partial charge in [0.2, 0.25) is 15.9 Å². The normalized spacial score (nSPS) is 19.2. The topological polar surface area (TPSA) is 118 Å². The molecular weight excluding hydrogens is 382 g/mol. The van der Waals surface area contributed by atoms with Crippen LogP contribution >= 0.6 is 12.4 Å². The third-order valence-corrected chi connectivity index (χ3v) is 6.70. The van der Waals surface area contributed by atoms with E-state index < -0.39 is 10.0 Å². The highest BCUT2D eigenvalue weighted by molar-refractivity contribution is 7.89. The molecule has 0 unspecified atom stereocenters. The van der Waals surface area contributed by atoms with E-state index in [1.807, 2.05) is 0 Å². The van der Waals surface area contributed by atoms with Crippen LogP contribution < -0.4 is 11.0 Å². The number of piperazine rings is 1. The van der Waals surface area contributed by atoms with Gasteiger partial charge < -0.3 is 20.2 Å². The molecular formula is C15H20ClN5O4S. The molecule has 0 spiro atoms. The van der Waals surface area contributed by atoms with Crippen LogP contribution in [0, 0.1) is 5.92 Å². The highest BCUT2D eigenvalue weighted by Gasteiger charge is 2.34. The maximum Gasteiger partial charge on any atom is 0.323 e. The molecule has 0 aliphatic carbocycles. The van der Waals surface area contributed by atoms with Crippen LogP contribution in [0.15, 0.2) is 27.9 Å². The minimum absolute atomic E-state index is 0. The lowest BCUT2D eigenvalue weighted by molar-refractivity contribution is -0.138. The Morgan fingerprint density at radius 1 is 1.04 bits per heavy atom. The van der Waals surface area contributed by atoms with Crippen LogP contribution in [0.4, 0.5) is 0 Å². The van der Waals surface area contributed by atoms with Gasteiger partial charge in [-0.15, -0.1) is 12.4 Å². The van der Waals surface area contributed by atoms with Crippen LogP contribution in [0.2, 0.25) is 0 Å². The van der Waals surface area contributed by atoms with Gasteiger partial charge in [0.05, 0.1) is 21.8 Å². The summed E-state index contributed by atoms with van der Waals surface area (Å²) in [5, 5.41) is 3.07. The zero-order chi connectivity index (χ0) is 17.6. The average molecular weight is 402 g/mol. The van der Waals surface area contributed by atoms with Gasteiger partial charge in [0.25, 0.3) is 0 Å². The molecule has 3 heterocycles. The molecule has 2 fully saturated rings. The van der Waals surface area contributed by atoms with Crippen molar-refractivity contribution < 1.29 is 13.2 Å². The fraction of sp³-hybridized carbons (Fsp3) is 0.467. The van der Waals surface area contributed by atoms with E-state index in [1.165, 1.54) is 16.4 Å². The molecule has 0 saturated carbocycles. The van der Waals surface area contributed by atoms with Crippen LogP contribution in [0.3, 0.4) is 0 Å². The summed E-state index contributed by atoms with van der Waals surface area (Å²) in [5.41, 5.74) is 0.646. The first-order valence-corrected chi connectivity index (χ1v) is 9.61. The van der Waals surface area contributed by atoms with E-state index in [4.69, 9.17) is 0 Å². The predicted octanol–water partition coefficient (Wildman–Crippen LogP) is -0.670. The van der Waals surface area contributed by atoms with E-state index in [0.29, 0.717) is 37.2 Å². The van der Waals surface area contributed by atoms with E-state index in [2.05, 4.69) is 15.3 Å². The molecule has 11 heteroatoms. The minimum Gasteiger partial charge on any atom is -0.340 e. The summed E-state index contributed by atoms with van der Waals surface area (Å²) in [6, 6.07) is 4.52. The monoisotopic (exact) mass is 401 g/mol. The number of imidazole rings is 1. The number of amides is 1. The Morgan fingerprint density at radius 2 is 1.69 bits per heavy atom. The Kier molecular flexibility index (Phi) is 5.11. The molecule has 1 aromatic carbocycles. The predicted molar refractivity (Wildman–Crippen MR) is 97.9 cm³/mol. The number of aromatic amines is 2. The minimum atomic E-state index is -3.66. The van der Waals surface area contributed by atoms with E-state index in [9.17, 15) is 18.0 Å². The number of sulfonamides is 1. The molecule has 142 valence electrons. The second-order valence-electron chi connectivity index (χ2n) is 6.37. The highest BCUT2D eigenvalue weighted by atomic mass is 35.5. The van der Waals surface area contributed by atoms with Crippen molar-refractivity contribution in [1.29, 1.82) is 0 Å². The molecule has 9 nitrogen and oxygen atoms in total. The molecule has 26 heavy (non-hydrogen) atoms. The van der Waals surface area contributed by atoms with Gasteiger partial charge in [-0.1, -0.05) is 0 Å². The highest BCUT2D eigenvalue weighted by Crippen LogP contribution is 2.21. The summed E-state index contributed by atoms with van der Waals surface area (Å²) in [6.07, 6.45) is 0. The van der Waals surface area contributed by atoms with Crippen molar-refractivity contribution in [2.24, 2.45) is 5.92 Å². The number of nitrogens with zero attached hydrogens (tertiary/aromatic N) is 2.